The number of hydrogen-bond acceptors (Lipinski definition) is 4. The van der Waals surface area contributed by atoms with Gasteiger partial charge in [0.05, 0.1) is 17.2 Å². The molecule has 20 heavy (non-hydrogen) atoms. The molecule has 0 unspecified atom stereocenters. The molecule has 106 valence electrons. The van der Waals surface area contributed by atoms with E-state index in [0.717, 1.165) is 0 Å². The topological polar surface area (TPSA) is 92.5 Å². The number of amides is 2. The highest BCUT2D eigenvalue weighted by Crippen LogP contribution is 2.30. The fraction of sp³-hybridized carbons (Fsp3) is 0.357. The SMILES string of the molecule is CN(C)C(=O)C[C@@H]1CC(=O)c2c(N)cccc2NC1=O. The van der Waals surface area contributed by atoms with Crippen LogP contribution in [-0.4, -0.2) is 36.6 Å². The van der Waals surface area contributed by atoms with E-state index < -0.39 is 5.92 Å². The number of ketones is 1. The number of hydrogen-bond donors (Lipinski definition) is 2. The maximum atomic E-state index is 12.2. The Kier molecular flexibility index (Phi) is 3.74. The number of nitrogens with two attached hydrogens (primary N) is 1. The predicted octanol–water partition coefficient (Wildman–Crippen LogP) is 0.888. The van der Waals surface area contributed by atoms with E-state index in [0.29, 0.717) is 16.9 Å². The molecular formula is C14H17N3O3. The van der Waals surface area contributed by atoms with Crippen molar-refractivity contribution in [2.24, 2.45) is 5.92 Å². The monoisotopic (exact) mass is 275 g/mol. The lowest BCUT2D eigenvalue weighted by atomic mass is 9.95. The van der Waals surface area contributed by atoms with E-state index in [2.05, 4.69) is 5.32 Å². The second-order valence-electron chi connectivity index (χ2n) is 5.08. The molecule has 1 heterocycles. The fourth-order valence-corrected chi connectivity index (χ4v) is 2.20. The third-order valence-corrected chi connectivity index (χ3v) is 3.36. The molecule has 1 aromatic carbocycles. The number of rotatable bonds is 2. The highest BCUT2D eigenvalue weighted by Gasteiger charge is 2.31. The van der Waals surface area contributed by atoms with Crippen molar-refractivity contribution < 1.29 is 14.4 Å². The van der Waals surface area contributed by atoms with Crippen LogP contribution in [-0.2, 0) is 9.59 Å². The van der Waals surface area contributed by atoms with Crippen molar-refractivity contribution in [2.75, 3.05) is 25.1 Å². The molecule has 0 spiro atoms. The average molecular weight is 275 g/mol. The highest BCUT2D eigenvalue weighted by molar-refractivity contribution is 6.13. The molecule has 0 fully saturated rings. The lowest BCUT2D eigenvalue weighted by Crippen LogP contribution is -2.30. The summed E-state index contributed by atoms with van der Waals surface area (Å²) in [6, 6.07) is 4.93. The summed E-state index contributed by atoms with van der Waals surface area (Å²) in [7, 11) is 3.23. The van der Waals surface area contributed by atoms with Crippen LogP contribution >= 0.6 is 0 Å². The number of nitrogens with zero attached hydrogens (tertiary/aromatic N) is 1. The van der Waals surface area contributed by atoms with Crippen LogP contribution in [0.5, 0.6) is 0 Å². The summed E-state index contributed by atoms with van der Waals surface area (Å²) in [5, 5.41) is 2.68. The van der Waals surface area contributed by atoms with E-state index in [1.165, 1.54) is 4.90 Å². The molecule has 1 aliphatic heterocycles. The van der Waals surface area contributed by atoms with Crippen molar-refractivity contribution >= 4 is 29.0 Å². The molecule has 0 saturated carbocycles. The summed E-state index contributed by atoms with van der Waals surface area (Å²) in [5.74, 6) is -1.38. The molecule has 3 N–H and O–H groups in total. The summed E-state index contributed by atoms with van der Waals surface area (Å²) < 4.78 is 0. The van der Waals surface area contributed by atoms with Crippen molar-refractivity contribution in [2.45, 2.75) is 12.8 Å². The fourth-order valence-electron chi connectivity index (χ4n) is 2.20. The van der Waals surface area contributed by atoms with E-state index in [1.807, 2.05) is 0 Å². The maximum Gasteiger partial charge on any atom is 0.228 e. The summed E-state index contributed by atoms with van der Waals surface area (Å²) >= 11 is 0. The van der Waals surface area contributed by atoms with Gasteiger partial charge in [-0.1, -0.05) is 6.07 Å². The number of nitrogen functional groups attached to an aromatic ring is 1. The minimum atomic E-state index is -0.663. The summed E-state index contributed by atoms with van der Waals surface area (Å²) in [6.07, 6.45) is 0.00505. The normalized spacial score (nSPS) is 18.0. The number of benzene rings is 1. The zero-order valence-corrected chi connectivity index (χ0v) is 11.5. The molecule has 1 aliphatic rings. The Morgan fingerprint density at radius 2 is 2.10 bits per heavy atom. The molecule has 0 saturated heterocycles. The number of carbonyl (C=O) groups is 3. The van der Waals surface area contributed by atoms with E-state index in [9.17, 15) is 14.4 Å². The van der Waals surface area contributed by atoms with Crippen LogP contribution in [0.3, 0.4) is 0 Å². The van der Waals surface area contributed by atoms with Gasteiger partial charge in [0.2, 0.25) is 11.8 Å². The van der Waals surface area contributed by atoms with E-state index in [1.54, 1.807) is 32.3 Å². The minimum absolute atomic E-state index is 0.00731. The first-order valence-corrected chi connectivity index (χ1v) is 6.33. The molecule has 6 nitrogen and oxygen atoms in total. The third kappa shape index (κ3) is 2.64. The molecule has 6 heteroatoms. The number of nitrogens with one attached hydrogen (secondary N) is 1. The molecule has 1 aromatic rings. The zero-order chi connectivity index (χ0) is 14.9. The van der Waals surface area contributed by atoms with Gasteiger partial charge in [0.25, 0.3) is 0 Å². The van der Waals surface area contributed by atoms with Gasteiger partial charge in [-0.2, -0.15) is 0 Å². The van der Waals surface area contributed by atoms with Gasteiger partial charge >= 0.3 is 0 Å². The van der Waals surface area contributed by atoms with Gasteiger partial charge in [0, 0.05) is 32.6 Å². The highest BCUT2D eigenvalue weighted by atomic mass is 16.2. The lowest BCUT2D eigenvalue weighted by molar-refractivity contribution is -0.132. The van der Waals surface area contributed by atoms with E-state index in [4.69, 9.17) is 5.73 Å². The first-order valence-electron chi connectivity index (χ1n) is 6.33. The molecule has 0 radical (unpaired) electrons. The van der Waals surface area contributed by atoms with Gasteiger partial charge in [-0.05, 0) is 12.1 Å². The standard InChI is InChI=1S/C14H17N3O3/c1-17(2)12(19)7-8-6-11(18)13-9(15)4-3-5-10(13)16-14(8)20/h3-5,8H,6-7,15H2,1-2H3,(H,16,20)/t8-/m0/s1. The summed E-state index contributed by atoms with van der Waals surface area (Å²) in [6.45, 7) is 0. The Bertz CT molecular complexity index is 581. The number of Topliss-reactive ketones (excluding diaryl/α,β-unsaturated/α-hetero) is 1. The average Bonchev–Trinajstić information content (AvgIpc) is 2.48. The second kappa shape index (κ2) is 5.32. The van der Waals surface area contributed by atoms with E-state index in [-0.39, 0.29) is 30.4 Å². The summed E-state index contributed by atoms with van der Waals surface area (Å²) in [4.78, 5) is 37.5. The first kappa shape index (κ1) is 14.0. The van der Waals surface area contributed by atoms with Crippen molar-refractivity contribution in [1.29, 1.82) is 0 Å². The van der Waals surface area contributed by atoms with Crippen LogP contribution in [0.1, 0.15) is 23.2 Å². The Morgan fingerprint density at radius 1 is 1.40 bits per heavy atom. The Hall–Kier alpha value is -2.37. The van der Waals surface area contributed by atoms with Gasteiger partial charge in [-0.3, -0.25) is 14.4 Å². The largest absolute Gasteiger partial charge is 0.398 e. The van der Waals surface area contributed by atoms with Gasteiger partial charge in [0.15, 0.2) is 5.78 Å². The van der Waals surface area contributed by atoms with Crippen LogP contribution in [0, 0.1) is 5.92 Å². The lowest BCUT2D eigenvalue weighted by Gasteiger charge is -2.15. The molecule has 2 amide bonds. The van der Waals surface area contributed by atoms with Crippen LogP contribution < -0.4 is 11.1 Å². The Labute approximate surface area is 116 Å². The van der Waals surface area contributed by atoms with Crippen molar-refractivity contribution in [1.82, 2.24) is 4.90 Å². The van der Waals surface area contributed by atoms with Gasteiger partial charge in [-0.25, -0.2) is 0 Å². The minimum Gasteiger partial charge on any atom is -0.398 e. The molecule has 1 atom stereocenters. The summed E-state index contributed by atoms with van der Waals surface area (Å²) in [5.41, 5.74) is 6.88. The molecule has 0 aliphatic carbocycles. The first-order chi connectivity index (χ1) is 9.40. The van der Waals surface area contributed by atoms with Gasteiger partial charge in [0.1, 0.15) is 0 Å². The second-order valence-corrected chi connectivity index (χ2v) is 5.08. The van der Waals surface area contributed by atoms with Gasteiger partial charge in [-0.15, -0.1) is 0 Å². The predicted molar refractivity (Wildman–Crippen MR) is 75.2 cm³/mol. The maximum absolute atomic E-state index is 12.2. The molecule has 0 bridgehead atoms. The number of fused-ring (bicyclic) bond motifs is 1. The van der Waals surface area contributed by atoms with Crippen molar-refractivity contribution in [3.8, 4) is 0 Å². The number of anilines is 2. The van der Waals surface area contributed by atoms with E-state index >= 15 is 0 Å². The molecular weight excluding hydrogens is 258 g/mol. The smallest absolute Gasteiger partial charge is 0.228 e. The molecule has 0 aromatic heterocycles. The third-order valence-electron chi connectivity index (χ3n) is 3.36. The van der Waals surface area contributed by atoms with Crippen LogP contribution in [0.2, 0.25) is 0 Å². The molecule has 2 rings (SSSR count). The van der Waals surface area contributed by atoms with Gasteiger partial charge < -0.3 is 16.0 Å². The Balaban J connectivity index is 2.28. The van der Waals surface area contributed by atoms with Crippen LogP contribution in [0.15, 0.2) is 18.2 Å². The number of carbonyl (C=O) groups excluding carboxylic acids is 3. The van der Waals surface area contributed by atoms with Crippen LogP contribution in [0.4, 0.5) is 11.4 Å². The zero-order valence-electron chi connectivity index (χ0n) is 11.5. The quantitative estimate of drug-likeness (QED) is 0.784. The van der Waals surface area contributed by atoms with Crippen LogP contribution in [0.25, 0.3) is 0 Å². The van der Waals surface area contributed by atoms with Crippen molar-refractivity contribution in [3.05, 3.63) is 23.8 Å². The van der Waals surface area contributed by atoms with Crippen molar-refractivity contribution in [3.63, 3.8) is 0 Å². The Morgan fingerprint density at radius 3 is 2.75 bits per heavy atom.